The van der Waals surface area contributed by atoms with E-state index in [1.807, 2.05) is 0 Å². The predicted molar refractivity (Wildman–Crippen MR) is 200 cm³/mol. The van der Waals surface area contributed by atoms with E-state index in [0.717, 1.165) is 23.1 Å². The van der Waals surface area contributed by atoms with E-state index in [0.29, 0.717) is 17.3 Å². The molecule has 4 aliphatic rings. The zero-order valence-corrected chi connectivity index (χ0v) is 31.7. The van der Waals surface area contributed by atoms with Crippen LogP contribution in [0.25, 0.3) is 0 Å². The average molecular weight is 875 g/mol. The summed E-state index contributed by atoms with van der Waals surface area (Å²) in [5.74, 6) is -12.0. The lowest BCUT2D eigenvalue weighted by atomic mass is 9.49. The second kappa shape index (κ2) is 14.5. The number of halogens is 8. The maximum Gasteiger partial charge on any atom is 0.573 e. The van der Waals surface area contributed by atoms with Gasteiger partial charge in [-0.1, -0.05) is 59.1 Å². The van der Waals surface area contributed by atoms with E-state index in [2.05, 4.69) is 15.1 Å². The fraction of sp³-hybridized carbons (Fsp3) is 0.256. The summed E-state index contributed by atoms with van der Waals surface area (Å²) in [4.78, 5) is 63.4. The lowest BCUT2D eigenvalue weighted by molar-refractivity contribution is -0.274. The quantitative estimate of drug-likeness (QED) is 0.0762. The van der Waals surface area contributed by atoms with Crippen molar-refractivity contribution in [1.29, 1.82) is 0 Å². The average Bonchev–Trinajstić information content (AvgIpc) is 3.56. The van der Waals surface area contributed by atoms with Crippen molar-refractivity contribution in [3.05, 3.63) is 117 Å². The fourth-order valence-corrected chi connectivity index (χ4v) is 9.50. The van der Waals surface area contributed by atoms with Crippen LogP contribution in [0.15, 0.2) is 90.6 Å². The van der Waals surface area contributed by atoms with Crippen LogP contribution in [0, 0.1) is 23.7 Å². The Labute approximate surface area is 345 Å². The maximum atomic E-state index is 15.3. The summed E-state index contributed by atoms with van der Waals surface area (Å²) in [6.07, 6.45) is -8.60. The molecule has 1 aromatic heterocycles. The predicted octanol–water partition coefficient (Wildman–Crippen LogP) is 5.88. The zero-order chi connectivity index (χ0) is 43.2. The van der Waals surface area contributed by atoms with Crippen LogP contribution in [0.1, 0.15) is 35.4 Å². The number of benzene rings is 3. The Morgan fingerprint density at radius 3 is 2.25 bits per heavy atom. The molecule has 6 atom stereocenters. The number of aromatic hydroxyl groups is 1. The highest BCUT2D eigenvalue weighted by Gasteiger charge is 2.71. The van der Waals surface area contributed by atoms with E-state index >= 15 is 4.79 Å². The Morgan fingerprint density at radius 1 is 0.883 bits per heavy atom. The minimum Gasteiger partial charge on any atom is -0.508 e. The highest BCUT2D eigenvalue weighted by molar-refractivity contribution is 6.58. The van der Waals surface area contributed by atoms with Crippen molar-refractivity contribution in [3.8, 4) is 11.5 Å². The van der Waals surface area contributed by atoms with Crippen LogP contribution in [-0.4, -0.2) is 62.3 Å². The molecular weight excluding hydrogens is 848 g/mol. The number of hydrogen-bond donors (Lipinski definition) is 4. The number of hydrazine groups is 1. The highest BCUT2D eigenvalue weighted by Crippen LogP contribution is 2.65. The van der Waals surface area contributed by atoms with Gasteiger partial charge in [-0.2, -0.15) is 18.2 Å². The number of carbonyl (C=O) groups excluding carboxylic acids is 4. The summed E-state index contributed by atoms with van der Waals surface area (Å²) in [6.45, 7) is 0. The molecule has 3 aromatic carbocycles. The minimum absolute atomic E-state index is 0.00693. The van der Waals surface area contributed by atoms with Gasteiger partial charge in [0.1, 0.15) is 11.5 Å². The summed E-state index contributed by atoms with van der Waals surface area (Å²) in [5, 5.41) is 31.2. The summed E-state index contributed by atoms with van der Waals surface area (Å²) in [5.41, 5.74) is -1.07. The van der Waals surface area contributed by atoms with Gasteiger partial charge in [0, 0.05) is 22.7 Å². The third kappa shape index (κ3) is 6.63. The molecule has 0 bridgehead atoms. The zero-order valence-electron chi connectivity index (χ0n) is 30.2. The summed E-state index contributed by atoms with van der Waals surface area (Å²) in [7, 11) is -1.95. The molecule has 2 aliphatic carbocycles. The van der Waals surface area contributed by atoms with Crippen LogP contribution in [0.5, 0.6) is 11.5 Å². The molecule has 6 unspecified atom stereocenters. The standard InChI is InChI=1S/C39H27BCl2F6N4O8/c41-20-6-4-17(5-7-20)37-27(34(55)52(36(37)57)50-32-28(42)12-18(16-49-32)38(43,44)45)15-25-23(31(37)26-14-22(8-11-29(26)53)60-39(46,47)48)9-10-24-30(25)35(56)51(33(24)54)21-3-1-2-19(13-21)40(58)59/h1-9,11-14,16,24-25,27,30-31,53,58-59H,10,15H2,(H,49,50). The van der Waals surface area contributed by atoms with Gasteiger partial charge in [0.05, 0.1) is 39.4 Å². The molecule has 0 radical (unpaired) electrons. The summed E-state index contributed by atoms with van der Waals surface area (Å²) in [6, 6.07) is 14.0. The molecule has 4 amide bonds. The number of nitrogens with zero attached hydrogens (tertiary/aromatic N) is 3. The Morgan fingerprint density at radius 2 is 1.60 bits per heavy atom. The first-order valence-electron chi connectivity index (χ1n) is 18.0. The van der Waals surface area contributed by atoms with Gasteiger partial charge in [-0.3, -0.25) is 29.5 Å². The van der Waals surface area contributed by atoms with Gasteiger partial charge in [0.15, 0.2) is 5.82 Å². The normalized spacial score (nSPS) is 25.2. The topological polar surface area (TPSA) is 170 Å². The lowest BCUT2D eigenvalue weighted by Gasteiger charge is -2.50. The number of amides is 4. The number of aromatic nitrogens is 1. The number of pyridine rings is 1. The Hall–Kier alpha value is -5.63. The van der Waals surface area contributed by atoms with Crippen LogP contribution in [0.2, 0.25) is 10.0 Å². The number of alkyl halides is 6. The lowest BCUT2D eigenvalue weighted by Crippen LogP contribution is -2.53. The van der Waals surface area contributed by atoms with E-state index < -0.39 is 106 Å². The molecule has 60 heavy (non-hydrogen) atoms. The van der Waals surface area contributed by atoms with E-state index in [9.17, 15) is 55.9 Å². The van der Waals surface area contributed by atoms with Gasteiger partial charge in [0.2, 0.25) is 11.8 Å². The Bertz CT molecular complexity index is 2510. The second-order valence-electron chi connectivity index (χ2n) is 14.7. The van der Waals surface area contributed by atoms with Crippen LogP contribution >= 0.6 is 23.2 Å². The third-order valence-corrected chi connectivity index (χ3v) is 12.1. The molecule has 0 spiro atoms. The van der Waals surface area contributed by atoms with Crippen LogP contribution < -0.4 is 20.5 Å². The number of carbonyl (C=O) groups is 4. The largest absolute Gasteiger partial charge is 0.573 e. The van der Waals surface area contributed by atoms with E-state index in [4.69, 9.17) is 23.2 Å². The molecular formula is C39H27BCl2F6N4O8. The summed E-state index contributed by atoms with van der Waals surface area (Å²) < 4.78 is 85.6. The number of rotatable bonds is 7. The molecule has 2 saturated heterocycles. The van der Waals surface area contributed by atoms with Crippen molar-refractivity contribution in [2.75, 3.05) is 10.3 Å². The molecule has 3 heterocycles. The molecule has 3 fully saturated rings. The first-order chi connectivity index (χ1) is 28.2. The van der Waals surface area contributed by atoms with Crippen LogP contribution in [-0.2, 0) is 30.8 Å². The minimum atomic E-state index is -5.21. The number of phenols is 1. The van der Waals surface area contributed by atoms with Crippen molar-refractivity contribution in [2.45, 2.75) is 36.7 Å². The fourth-order valence-electron chi connectivity index (χ4n) is 9.17. The van der Waals surface area contributed by atoms with Gasteiger partial charge in [0.25, 0.3) is 11.8 Å². The van der Waals surface area contributed by atoms with E-state index in [-0.39, 0.29) is 45.7 Å². The third-order valence-electron chi connectivity index (χ3n) is 11.5. The number of allylic oxidation sites excluding steroid dienone is 2. The van der Waals surface area contributed by atoms with Crippen LogP contribution in [0.4, 0.5) is 37.8 Å². The first-order valence-corrected chi connectivity index (χ1v) is 18.7. The molecule has 4 aromatic rings. The van der Waals surface area contributed by atoms with Crippen LogP contribution in [0.3, 0.4) is 0 Å². The first kappa shape index (κ1) is 41.1. The number of hydrogen-bond acceptors (Lipinski definition) is 10. The number of ether oxygens (including phenoxy) is 1. The van der Waals surface area contributed by atoms with Crippen molar-refractivity contribution in [3.63, 3.8) is 0 Å². The number of phenolic OH excluding ortho intramolecular Hbond substituents is 1. The van der Waals surface area contributed by atoms with Crippen molar-refractivity contribution < 1.29 is 65.4 Å². The molecule has 12 nitrogen and oxygen atoms in total. The molecule has 8 rings (SSSR count). The van der Waals surface area contributed by atoms with E-state index in [1.165, 1.54) is 48.5 Å². The monoisotopic (exact) mass is 874 g/mol. The van der Waals surface area contributed by atoms with Gasteiger partial charge in [-0.05, 0) is 78.3 Å². The Kier molecular flexibility index (Phi) is 9.96. The SMILES string of the molecule is O=C1C2CC3C(=CCC4C(=O)N(c5cccc(B(O)O)c5)C(=O)C43)C(c3cc(OC(F)(F)F)ccc3O)C2(c2ccc(Cl)cc2)C(=O)N1Nc1ncc(C(F)(F)F)cc1Cl. The highest BCUT2D eigenvalue weighted by atomic mass is 35.5. The second-order valence-corrected chi connectivity index (χ2v) is 15.5. The number of anilines is 2. The molecule has 310 valence electrons. The van der Waals surface area contributed by atoms with Crippen molar-refractivity contribution in [1.82, 2.24) is 9.99 Å². The molecule has 2 aliphatic heterocycles. The molecule has 1 saturated carbocycles. The van der Waals surface area contributed by atoms with E-state index in [1.54, 1.807) is 6.08 Å². The molecule has 21 heteroatoms. The number of nitrogens with one attached hydrogen (secondary N) is 1. The van der Waals surface area contributed by atoms with Gasteiger partial charge in [-0.15, -0.1) is 13.2 Å². The van der Waals surface area contributed by atoms with Gasteiger partial charge < -0.3 is 19.9 Å². The maximum absolute atomic E-state index is 15.3. The summed E-state index contributed by atoms with van der Waals surface area (Å²) >= 11 is 12.4. The Balaban J connectivity index is 1.33. The number of fused-ring (bicyclic) bond motifs is 4. The molecule has 4 N–H and O–H groups in total. The van der Waals surface area contributed by atoms with Crippen molar-refractivity contribution >= 4 is 70.9 Å². The van der Waals surface area contributed by atoms with Crippen molar-refractivity contribution in [2.24, 2.45) is 23.7 Å². The van der Waals surface area contributed by atoms with Gasteiger partial charge >= 0.3 is 19.7 Å². The smallest absolute Gasteiger partial charge is 0.508 e. The number of imide groups is 2. The van der Waals surface area contributed by atoms with Gasteiger partial charge in [-0.25, -0.2) is 4.98 Å².